The van der Waals surface area contributed by atoms with E-state index in [9.17, 15) is 0 Å². The van der Waals surface area contributed by atoms with E-state index in [4.69, 9.17) is 13.6 Å². The van der Waals surface area contributed by atoms with Crippen molar-refractivity contribution in [3.63, 3.8) is 0 Å². The van der Waals surface area contributed by atoms with Crippen molar-refractivity contribution in [2.75, 3.05) is 6.61 Å². The highest BCUT2D eigenvalue weighted by Gasteiger charge is 2.17. The second-order valence-electron chi connectivity index (χ2n) is 21.5. The molecule has 602 valence electrons. The predicted octanol–water partition coefficient (Wildman–Crippen LogP) is 28.2. The maximum Gasteiger partial charge on any atom is 0.228 e. The van der Waals surface area contributed by atoms with E-state index in [0.29, 0.717) is 12.3 Å². The molecule has 0 atom stereocenters. The highest BCUT2D eigenvalue weighted by atomic mass is 32.1. The molecule has 16 nitrogen and oxygen atoms in total. The molecule has 0 bridgehead atoms. The van der Waals surface area contributed by atoms with Crippen LogP contribution in [0.2, 0.25) is 0 Å². The van der Waals surface area contributed by atoms with Gasteiger partial charge in [-0.15, -0.1) is 11.3 Å². The normalized spacial score (nSPS) is 10.8. The van der Waals surface area contributed by atoms with Gasteiger partial charge in [-0.1, -0.05) is 272 Å². The van der Waals surface area contributed by atoms with Crippen LogP contribution in [-0.2, 0) is 45.2 Å². The zero-order valence-electron chi connectivity index (χ0n) is 71.4. The van der Waals surface area contributed by atoms with Crippen molar-refractivity contribution < 1.29 is 13.6 Å². The number of aromatic nitrogens is 10. The number of thiazole rings is 1. The number of pyridine rings is 4. The van der Waals surface area contributed by atoms with Crippen LogP contribution in [0.4, 0.5) is 11.4 Å². The third-order valence-electron chi connectivity index (χ3n) is 15.3. The van der Waals surface area contributed by atoms with Crippen LogP contribution in [0.25, 0.3) is 60.7 Å². The van der Waals surface area contributed by atoms with Gasteiger partial charge in [-0.2, -0.15) is 10.2 Å². The van der Waals surface area contributed by atoms with E-state index in [0.717, 1.165) is 82.8 Å². The van der Waals surface area contributed by atoms with Crippen LogP contribution in [0.1, 0.15) is 190 Å². The molecule has 0 unspecified atom stereocenters. The lowest BCUT2D eigenvalue weighted by molar-refractivity contribution is 0.355. The summed E-state index contributed by atoms with van der Waals surface area (Å²) in [5.74, 6) is 0.956. The Hall–Kier alpha value is -11.8. The van der Waals surface area contributed by atoms with E-state index >= 15 is 0 Å². The lowest BCUT2D eigenvalue weighted by atomic mass is 10.1. The fourth-order valence-corrected chi connectivity index (χ4v) is 11.2. The molecular formula is C97H125N13O3S. The van der Waals surface area contributed by atoms with E-state index < -0.39 is 0 Å². The van der Waals surface area contributed by atoms with Crippen molar-refractivity contribution in [3.05, 3.63) is 319 Å². The molecule has 6 aromatic carbocycles. The lowest BCUT2D eigenvalue weighted by Gasteiger charge is -1.93. The smallest absolute Gasteiger partial charge is 0.228 e. The molecule has 0 amide bonds. The van der Waals surface area contributed by atoms with Crippen molar-refractivity contribution in [3.8, 4) is 17.0 Å². The molecule has 6 aliphatic rings. The summed E-state index contributed by atoms with van der Waals surface area (Å²) in [6.07, 6.45) is 32.3. The molecule has 21 rings (SSSR count). The standard InChI is InChI=1S/C10H8N2.C9H7N.C9H8.C8H9N.C8H7N.C7H7NO.C7H5NO.C7H5NS.C6H5N3.C6H4N2O.10C2H6/c1-2-4-9-8(3-1)6-12-7-11-5-10(9)12;1-2-6-9-8(4-1)5-3-7-10-9;1-2-5-9-7-3-6-8(9)4-1;1-3-7-4-2-6-9-8(7)5-1;1-2-4-8-7(3-1)5-6-9-8;1-3-8-5-7-6(1)2-4-9-7;2*1-2-4-7-6(3-1)8-5-9-7;1-2-5-6(7-3-1)4-8-9-5;1-2-9-6-5(1)3-7-4-8-6;10*1-2/h1-5,7H,6H2;1-7H;1-6H,7H2;2,4,6H,1,3,5H2;1-4,6H,5H2;1,3,5H,2,4H2;2*1-5H;1-3H,4H2;1-4H;10*1-2H3. The zero-order valence-corrected chi connectivity index (χ0v) is 72.3. The van der Waals surface area contributed by atoms with E-state index in [1.807, 2.05) is 290 Å². The average molecular weight is 1550 g/mol. The first-order valence-corrected chi connectivity index (χ1v) is 41.8. The van der Waals surface area contributed by atoms with Gasteiger partial charge >= 0.3 is 0 Å². The number of aliphatic imine (C=N–C) groups is 1. The number of benzene rings is 6. The Morgan fingerprint density at radius 1 is 0.421 bits per heavy atom. The minimum Gasteiger partial charge on any atom is -0.491 e. The van der Waals surface area contributed by atoms with Gasteiger partial charge < -0.3 is 18.1 Å². The Bertz CT molecular complexity index is 4400. The van der Waals surface area contributed by atoms with E-state index in [1.54, 1.807) is 42.4 Å². The zero-order chi connectivity index (χ0) is 83.6. The Labute approximate surface area is 685 Å². The Kier molecular flexibility index (Phi) is 55.0. The first-order valence-electron chi connectivity index (χ1n) is 40.9. The maximum atomic E-state index is 5.24. The van der Waals surface area contributed by atoms with Gasteiger partial charge in [0, 0.05) is 78.8 Å². The SMILES string of the molecule is C1=Cc2ccccc2C1.C1=Nc2ccccc2C1.CC.CC.CC.CC.CC.CC.CC.CC.CC.CC.c1cc2c(cn1)OCC2.c1ccc2c(c1)Cn1cncc1-2.c1ccc2ncccc2c1.c1ccc2ocnc2c1.c1ccc2scnc2c1.c1cnc2c(c1)CCC2.c1cnc2c(c1)N=NC2.c1ncc2ccoc2n1. The van der Waals surface area contributed by atoms with E-state index in [2.05, 4.69) is 156 Å². The van der Waals surface area contributed by atoms with Crippen LogP contribution >= 0.6 is 11.3 Å². The summed E-state index contributed by atoms with van der Waals surface area (Å²) < 4.78 is 18.6. The lowest BCUT2D eigenvalue weighted by Crippen LogP contribution is -1.88. The van der Waals surface area contributed by atoms with Crippen molar-refractivity contribution in [1.29, 1.82) is 0 Å². The third-order valence-corrected chi connectivity index (χ3v) is 16.1. The van der Waals surface area contributed by atoms with Crippen LogP contribution in [-0.4, -0.2) is 62.2 Å². The van der Waals surface area contributed by atoms with Crippen molar-refractivity contribution >= 4 is 78.3 Å². The molecule has 15 aromatic rings. The minimum atomic E-state index is 0.644. The van der Waals surface area contributed by atoms with Gasteiger partial charge in [-0.3, -0.25) is 24.9 Å². The summed E-state index contributed by atoms with van der Waals surface area (Å²) >= 11 is 1.68. The predicted molar refractivity (Wildman–Crippen MR) is 487 cm³/mol. The van der Waals surface area contributed by atoms with Gasteiger partial charge in [0.1, 0.15) is 29.8 Å². The summed E-state index contributed by atoms with van der Waals surface area (Å²) in [6, 6.07) is 64.9. The quantitative estimate of drug-likeness (QED) is 0.140. The van der Waals surface area contributed by atoms with Crippen LogP contribution in [0.3, 0.4) is 0 Å². The van der Waals surface area contributed by atoms with Gasteiger partial charge in [0.2, 0.25) is 5.71 Å². The fraction of sp³-hybridized carbons (Fsp3) is 0.299. The number of allylic oxidation sites excluding steroid dienone is 1. The topological polar surface area (TPSA) is 194 Å². The molecule has 0 saturated heterocycles. The number of nitrogens with zero attached hydrogens (tertiary/aromatic N) is 13. The summed E-state index contributed by atoms with van der Waals surface area (Å²) in [6.45, 7) is 42.4. The van der Waals surface area contributed by atoms with Crippen molar-refractivity contribution in [1.82, 2.24) is 49.4 Å². The molecule has 9 aromatic heterocycles. The number of hydrogen-bond acceptors (Lipinski definition) is 16. The van der Waals surface area contributed by atoms with Crippen LogP contribution in [0, 0.1) is 0 Å². The number of azo groups is 1. The van der Waals surface area contributed by atoms with Crippen molar-refractivity contribution in [2.45, 2.75) is 190 Å². The number of oxazole rings is 1. The number of aryl methyl sites for hydroxylation is 2. The maximum absolute atomic E-state index is 5.24. The Balaban J connectivity index is 0.000000419. The number of para-hydroxylation sites is 5. The number of furan rings is 1. The highest BCUT2D eigenvalue weighted by Crippen LogP contribution is 2.31. The van der Waals surface area contributed by atoms with Gasteiger partial charge in [0.15, 0.2) is 12.0 Å². The molecule has 0 spiro atoms. The van der Waals surface area contributed by atoms with Gasteiger partial charge in [0.25, 0.3) is 0 Å². The van der Waals surface area contributed by atoms with Crippen LogP contribution in [0.15, 0.2) is 298 Å². The van der Waals surface area contributed by atoms with Crippen LogP contribution < -0.4 is 4.74 Å². The summed E-state index contributed by atoms with van der Waals surface area (Å²) in [5, 5.41) is 9.82. The third kappa shape index (κ3) is 33.6. The molecule has 2 aliphatic carbocycles. The number of fused-ring (bicyclic) bond motifs is 12. The average Bonchev–Trinajstić information content (AvgIpc) is 1.64. The molecular weight excluding hydrogens is 1430 g/mol. The summed E-state index contributed by atoms with van der Waals surface area (Å²) in [7, 11) is 0. The fourth-order valence-electron chi connectivity index (χ4n) is 10.6. The molecule has 13 heterocycles. The number of rotatable bonds is 0. The van der Waals surface area contributed by atoms with Gasteiger partial charge in [-0.25, -0.2) is 24.9 Å². The second kappa shape index (κ2) is 63.8. The Morgan fingerprint density at radius 3 is 1.75 bits per heavy atom. The largest absolute Gasteiger partial charge is 0.491 e. The van der Waals surface area contributed by atoms with Crippen LogP contribution in [0.5, 0.6) is 5.75 Å². The molecule has 17 heteroatoms. The molecule has 4 aliphatic heterocycles. The van der Waals surface area contributed by atoms with Gasteiger partial charge in [-0.05, 0) is 126 Å². The second-order valence-corrected chi connectivity index (χ2v) is 22.4. The first kappa shape index (κ1) is 98.3. The number of hydrogen-bond donors (Lipinski definition) is 0. The number of imidazole rings is 1. The first-order chi connectivity index (χ1) is 56.6. The molecule has 0 radical (unpaired) electrons. The Morgan fingerprint density at radius 2 is 1.04 bits per heavy atom. The highest BCUT2D eigenvalue weighted by molar-refractivity contribution is 7.16. The molecule has 0 N–H and O–H groups in total. The monoisotopic (exact) mass is 1550 g/mol. The summed E-state index contributed by atoms with van der Waals surface area (Å²) in [4.78, 5) is 40.5. The minimum absolute atomic E-state index is 0.644. The molecule has 0 saturated carbocycles. The van der Waals surface area contributed by atoms with Gasteiger partial charge in [0.05, 0.1) is 75.3 Å². The summed E-state index contributed by atoms with van der Waals surface area (Å²) in [5.41, 5.74) is 21.7. The molecule has 0 fully saturated rings. The van der Waals surface area contributed by atoms with E-state index in [-0.39, 0.29) is 0 Å². The molecule has 114 heavy (non-hydrogen) atoms. The van der Waals surface area contributed by atoms with E-state index in [1.165, 1.54) is 92.4 Å². The van der Waals surface area contributed by atoms with Crippen molar-refractivity contribution in [2.24, 2.45) is 15.2 Å². The number of ether oxygens (including phenoxy) is 1.